The zero-order valence-corrected chi connectivity index (χ0v) is 26.0. The van der Waals surface area contributed by atoms with E-state index in [4.69, 9.17) is 4.74 Å². The molecule has 2 aromatic rings. The molecule has 1 aromatic carbocycles. The second-order valence-corrected chi connectivity index (χ2v) is 13.9. The molecule has 1 spiro atoms. The first-order valence-corrected chi connectivity index (χ1v) is 16.4. The Morgan fingerprint density at radius 2 is 2.02 bits per heavy atom. The summed E-state index contributed by atoms with van der Waals surface area (Å²) in [5, 5.41) is 17.8. The predicted octanol–water partition coefficient (Wildman–Crippen LogP) is 3.54. The highest BCUT2D eigenvalue weighted by molar-refractivity contribution is 9.09. The molecule has 2 bridgehead atoms. The van der Waals surface area contributed by atoms with Crippen molar-refractivity contribution in [2.75, 3.05) is 26.3 Å². The third-order valence-corrected chi connectivity index (χ3v) is 11.8. The number of amides is 2. The van der Waals surface area contributed by atoms with Crippen molar-refractivity contribution in [2.24, 2.45) is 11.8 Å². The molecule has 3 unspecified atom stereocenters. The molecule has 0 saturated carbocycles. The molecule has 6 atom stereocenters. The van der Waals surface area contributed by atoms with Gasteiger partial charge in [0.1, 0.15) is 18.2 Å². The molecule has 4 heterocycles. The van der Waals surface area contributed by atoms with E-state index in [-0.39, 0.29) is 47.7 Å². The summed E-state index contributed by atoms with van der Waals surface area (Å²) in [6.07, 6.45) is 7.61. The van der Waals surface area contributed by atoms with E-state index in [1.807, 2.05) is 30.3 Å². The number of ether oxygens (including phenoxy) is 1. The molecule has 12 heteroatoms. The number of hydrogen-bond donors (Lipinski definition) is 1. The van der Waals surface area contributed by atoms with E-state index in [0.29, 0.717) is 32.4 Å². The normalized spacial score (nSPS) is 27.8. The van der Waals surface area contributed by atoms with Crippen LogP contribution in [-0.4, -0.2) is 94.9 Å². The topological polar surface area (TPSA) is 118 Å². The standard InChI is InChI=1S/C30H38BrN5O5S/c1-3-5-6-11-17-41-29(40)23-24-27(38)35(15-9-10-16-37)26(30(24)18-20(31)25(23)42-30)28(39)34(14-4-2)19-36-22-13-8-7-12-21(22)32-33-36/h3-4,7-8,12-13,20,23-26,37H,1-2,5-6,9-11,14-19H2/t20?,23-,24+,25-,26?,30?/m1/s1. The van der Waals surface area contributed by atoms with Gasteiger partial charge >= 0.3 is 5.97 Å². The number of unbranched alkanes of at least 4 members (excludes halogenated alkanes) is 3. The fraction of sp³-hybridized carbons (Fsp3) is 0.567. The average Bonchev–Trinajstić information content (AvgIpc) is 3.70. The van der Waals surface area contributed by atoms with Gasteiger partial charge in [0, 0.05) is 29.8 Å². The summed E-state index contributed by atoms with van der Waals surface area (Å²) in [6, 6.07) is 6.77. The number of hydrogen-bond acceptors (Lipinski definition) is 8. The van der Waals surface area contributed by atoms with Crippen LogP contribution < -0.4 is 0 Å². The van der Waals surface area contributed by atoms with Crippen LogP contribution in [0.3, 0.4) is 0 Å². The van der Waals surface area contributed by atoms with E-state index >= 15 is 0 Å². The molecule has 0 radical (unpaired) electrons. The van der Waals surface area contributed by atoms with Gasteiger partial charge in [0.2, 0.25) is 11.8 Å². The van der Waals surface area contributed by atoms with Gasteiger partial charge in [-0.25, -0.2) is 4.68 Å². The van der Waals surface area contributed by atoms with Gasteiger partial charge in [-0.1, -0.05) is 45.4 Å². The Balaban J connectivity index is 1.45. The maximum atomic E-state index is 14.6. The van der Waals surface area contributed by atoms with Crippen molar-refractivity contribution in [1.29, 1.82) is 0 Å². The number of aliphatic hydroxyl groups excluding tert-OH is 1. The summed E-state index contributed by atoms with van der Waals surface area (Å²) in [4.78, 5) is 45.6. The molecule has 3 saturated heterocycles. The molecule has 42 heavy (non-hydrogen) atoms. The van der Waals surface area contributed by atoms with E-state index in [2.05, 4.69) is 39.4 Å². The Morgan fingerprint density at radius 3 is 2.79 bits per heavy atom. The first-order chi connectivity index (χ1) is 20.4. The lowest BCUT2D eigenvalue weighted by Gasteiger charge is -2.37. The minimum absolute atomic E-state index is 0.00171. The highest BCUT2D eigenvalue weighted by atomic mass is 79.9. The molecule has 1 aromatic heterocycles. The number of benzene rings is 1. The number of allylic oxidation sites excluding steroid dienone is 1. The molecule has 3 aliphatic heterocycles. The van der Waals surface area contributed by atoms with Crippen LogP contribution in [0.2, 0.25) is 0 Å². The van der Waals surface area contributed by atoms with E-state index in [1.165, 1.54) is 0 Å². The summed E-state index contributed by atoms with van der Waals surface area (Å²) in [5.74, 6) is -2.04. The lowest BCUT2D eigenvalue weighted by Crippen LogP contribution is -2.55. The van der Waals surface area contributed by atoms with E-state index in [9.17, 15) is 19.5 Å². The smallest absolute Gasteiger partial charge is 0.310 e. The van der Waals surface area contributed by atoms with Crippen molar-refractivity contribution in [3.05, 3.63) is 49.6 Å². The second-order valence-electron chi connectivity index (χ2n) is 11.1. The van der Waals surface area contributed by atoms with E-state index < -0.39 is 22.6 Å². The Labute approximate surface area is 258 Å². The Hall–Kier alpha value is -2.70. The van der Waals surface area contributed by atoms with Crippen molar-refractivity contribution in [3.63, 3.8) is 0 Å². The Morgan fingerprint density at radius 1 is 1.21 bits per heavy atom. The number of fused-ring (bicyclic) bond motifs is 2. The zero-order chi connectivity index (χ0) is 29.9. The molecule has 1 N–H and O–H groups in total. The van der Waals surface area contributed by atoms with Crippen molar-refractivity contribution in [3.8, 4) is 0 Å². The number of alkyl halides is 1. The van der Waals surface area contributed by atoms with Crippen molar-refractivity contribution >= 4 is 56.5 Å². The number of rotatable bonds is 15. The number of carbonyl (C=O) groups is 3. The fourth-order valence-electron chi connectivity index (χ4n) is 6.70. The van der Waals surface area contributed by atoms with E-state index in [1.54, 1.807) is 32.3 Å². The predicted molar refractivity (Wildman–Crippen MR) is 165 cm³/mol. The van der Waals surface area contributed by atoms with Crippen LogP contribution in [0, 0.1) is 11.8 Å². The van der Waals surface area contributed by atoms with Gasteiger partial charge < -0.3 is 19.6 Å². The number of carbonyl (C=O) groups excluding carboxylic acids is 3. The minimum atomic E-state index is -0.775. The number of thioether (sulfide) groups is 1. The Bertz CT molecular complexity index is 1340. The van der Waals surface area contributed by atoms with Gasteiger partial charge in [0.25, 0.3) is 0 Å². The number of likely N-dealkylation sites (tertiary alicyclic amines) is 1. The van der Waals surface area contributed by atoms with Gasteiger partial charge in [-0.05, 0) is 50.7 Å². The largest absolute Gasteiger partial charge is 0.465 e. The first kappa shape index (κ1) is 30.7. The molecule has 10 nitrogen and oxygen atoms in total. The zero-order valence-electron chi connectivity index (χ0n) is 23.6. The highest BCUT2D eigenvalue weighted by Crippen LogP contribution is 2.68. The number of aromatic nitrogens is 3. The SMILES string of the molecule is C=CCCCCOC(=O)[C@H]1[C@@H]2SC3(CC2Br)C(C(=O)N(CC=C)Cn2nnc4ccccc42)N(CCCCO)C(=O)[C@H]13. The monoisotopic (exact) mass is 659 g/mol. The molecule has 2 amide bonds. The summed E-state index contributed by atoms with van der Waals surface area (Å²) >= 11 is 5.39. The molecule has 5 rings (SSSR count). The molecular weight excluding hydrogens is 622 g/mol. The van der Waals surface area contributed by atoms with Crippen LogP contribution in [0.5, 0.6) is 0 Å². The average molecular weight is 661 g/mol. The molecule has 0 aliphatic carbocycles. The van der Waals surface area contributed by atoms with Crippen molar-refractivity contribution < 1.29 is 24.2 Å². The second kappa shape index (κ2) is 13.3. The number of nitrogens with zero attached hydrogens (tertiary/aromatic N) is 5. The Kier molecular flexibility index (Phi) is 9.74. The van der Waals surface area contributed by atoms with Crippen LogP contribution in [0.25, 0.3) is 11.0 Å². The van der Waals surface area contributed by atoms with E-state index in [0.717, 1.165) is 30.3 Å². The molecule has 226 valence electrons. The van der Waals surface area contributed by atoms with Crippen LogP contribution in [0.4, 0.5) is 0 Å². The van der Waals surface area contributed by atoms with Gasteiger partial charge in [-0.2, -0.15) is 0 Å². The van der Waals surface area contributed by atoms with Gasteiger partial charge in [-0.15, -0.1) is 30.0 Å². The first-order valence-electron chi connectivity index (χ1n) is 14.6. The summed E-state index contributed by atoms with van der Waals surface area (Å²) in [6.45, 7) is 8.62. The molecule has 3 fully saturated rings. The van der Waals surface area contributed by atoms with Gasteiger partial charge in [0.05, 0.1) is 28.7 Å². The van der Waals surface area contributed by atoms with Gasteiger partial charge in [0.15, 0.2) is 0 Å². The lowest BCUT2D eigenvalue weighted by molar-refractivity contribution is -0.154. The summed E-state index contributed by atoms with van der Waals surface area (Å²) in [5.41, 5.74) is 1.52. The number of para-hydroxylation sites is 1. The lowest BCUT2D eigenvalue weighted by atomic mass is 9.71. The number of esters is 1. The minimum Gasteiger partial charge on any atom is -0.465 e. The van der Waals surface area contributed by atoms with Crippen LogP contribution in [-0.2, 0) is 25.8 Å². The van der Waals surface area contributed by atoms with Crippen LogP contribution in [0.1, 0.15) is 38.5 Å². The van der Waals surface area contributed by atoms with Gasteiger partial charge in [-0.3, -0.25) is 14.4 Å². The van der Waals surface area contributed by atoms with Crippen LogP contribution >= 0.6 is 27.7 Å². The quantitative estimate of drug-likeness (QED) is 0.134. The highest BCUT2D eigenvalue weighted by Gasteiger charge is 2.76. The van der Waals surface area contributed by atoms with Crippen LogP contribution in [0.15, 0.2) is 49.6 Å². The third kappa shape index (κ3) is 5.53. The molecule has 3 aliphatic rings. The number of aliphatic hydroxyl groups is 1. The summed E-state index contributed by atoms with van der Waals surface area (Å²) in [7, 11) is 0. The summed E-state index contributed by atoms with van der Waals surface area (Å²) < 4.78 is 6.62. The molecular formula is C30H38BrN5O5S. The third-order valence-electron chi connectivity index (χ3n) is 8.54. The number of halogens is 1. The maximum Gasteiger partial charge on any atom is 0.310 e. The fourth-order valence-corrected chi connectivity index (χ4v) is 10.3. The maximum absolute atomic E-state index is 14.6. The van der Waals surface area contributed by atoms with Crippen molar-refractivity contribution in [2.45, 2.75) is 66.1 Å². The van der Waals surface area contributed by atoms with Crippen molar-refractivity contribution in [1.82, 2.24) is 24.8 Å².